The van der Waals surface area contributed by atoms with E-state index in [-0.39, 0.29) is 12.1 Å². The van der Waals surface area contributed by atoms with Gasteiger partial charge in [0, 0.05) is 40.7 Å². The van der Waals surface area contributed by atoms with Gasteiger partial charge in [0.05, 0.1) is 0 Å². The van der Waals surface area contributed by atoms with Crippen molar-refractivity contribution in [1.29, 1.82) is 0 Å². The average molecular weight is 227 g/mol. The van der Waals surface area contributed by atoms with E-state index in [1.54, 1.807) is 12.4 Å². The number of carbonyl (C=O) groups is 1. The van der Waals surface area contributed by atoms with Crippen LogP contribution in [0.1, 0.15) is 12.8 Å². The Morgan fingerprint density at radius 1 is 1.47 bits per heavy atom. The third-order valence-electron chi connectivity index (χ3n) is 2.45. The van der Waals surface area contributed by atoms with Gasteiger partial charge in [-0.15, -0.1) is 0 Å². The highest BCUT2D eigenvalue weighted by Gasteiger charge is 2.19. The molecular formula is C9H13N3O2S. The van der Waals surface area contributed by atoms with Gasteiger partial charge >= 0.3 is 6.03 Å². The molecule has 6 heteroatoms. The Kier molecular flexibility index (Phi) is 3.15. The Bertz CT molecular complexity index is 353. The molecule has 5 nitrogen and oxygen atoms in total. The maximum Gasteiger partial charge on any atom is 0.327 e. The van der Waals surface area contributed by atoms with Gasteiger partial charge in [0.2, 0.25) is 0 Å². The van der Waals surface area contributed by atoms with E-state index in [1.165, 1.54) is 10.9 Å². The van der Waals surface area contributed by atoms with Crippen LogP contribution in [0.4, 0.5) is 4.79 Å². The Morgan fingerprint density at radius 2 is 2.20 bits per heavy atom. The zero-order valence-electron chi connectivity index (χ0n) is 8.26. The molecule has 0 aliphatic carbocycles. The Labute approximate surface area is 90.3 Å². The predicted octanol–water partition coefficient (Wildman–Crippen LogP) is 0.352. The summed E-state index contributed by atoms with van der Waals surface area (Å²) in [7, 11) is -0.683. The highest BCUT2D eigenvalue weighted by molar-refractivity contribution is 7.85. The molecule has 1 N–H and O–H groups in total. The van der Waals surface area contributed by atoms with E-state index in [0.29, 0.717) is 11.5 Å². The van der Waals surface area contributed by atoms with Gasteiger partial charge < -0.3 is 5.32 Å². The summed E-state index contributed by atoms with van der Waals surface area (Å²) in [5.41, 5.74) is 0. The smallest absolute Gasteiger partial charge is 0.327 e. The van der Waals surface area contributed by atoms with Crippen LogP contribution >= 0.6 is 0 Å². The first-order valence-electron chi connectivity index (χ1n) is 4.89. The summed E-state index contributed by atoms with van der Waals surface area (Å²) in [5, 5.41) is 2.89. The van der Waals surface area contributed by atoms with E-state index in [0.717, 1.165) is 12.8 Å². The van der Waals surface area contributed by atoms with E-state index < -0.39 is 10.8 Å². The lowest BCUT2D eigenvalue weighted by atomic mass is 10.2. The van der Waals surface area contributed by atoms with Crippen LogP contribution in [-0.4, -0.2) is 37.3 Å². The van der Waals surface area contributed by atoms with Gasteiger partial charge in [-0.25, -0.2) is 9.78 Å². The van der Waals surface area contributed by atoms with Crippen molar-refractivity contribution in [3.8, 4) is 0 Å². The zero-order chi connectivity index (χ0) is 10.7. The molecule has 0 aromatic carbocycles. The lowest BCUT2D eigenvalue weighted by Crippen LogP contribution is -2.41. The quantitative estimate of drug-likeness (QED) is 0.753. The summed E-state index contributed by atoms with van der Waals surface area (Å²) in [4.78, 5) is 15.4. The molecule has 2 rings (SSSR count). The van der Waals surface area contributed by atoms with Crippen molar-refractivity contribution >= 4 is 16.8 Å². The Hall–Kier alpha value is -1.17. The van der Waals surface area contributed by atoms with Crippen LogP contribution in [0.25, 0.3) is 0 Å². The fraction of sp³-hybridized carbons (Fsp3) is 0.556. The average Bonchev–Trinajstić information content (AvgIpc) is 2.74. The van der Waals surface area contributed by atoms with Crippen molar-refractivity contribution in [2.75, 3.05) is 11.5 Å². The minimum atomic E-state index is -0.683. The highest BCUT2D eigenvalue weighted by atomic mass is 32.2. The Balaban J connectivity index is 1.87. The van der Waals surface area contributed by atoms with Gasteiger partial charge in [-0.3, -0.25) is 8.78 Å². The summed E-state index contributed by atoms with van der Waals surface area (Å²) in [5.74, 6) is 1.38. The number of carbonyl (C=O) groups excluding carboxylic acids is 1. The summed E-state index contributed by atoms with van der Waals surface area (Å²) in [6.07, 6.45) is 6.24. The number of rotatable bonds is 1. The van der Waals surface area contributed by atoms with E-state index in [9.17, 15) is 9.00 Å². The molecule has 1 aliphatic rings. The Morgan fingerprint density at radius 3 is 2.80 bits per heavy atom. The number of hydrogen-bond acceptors (Lipinski definition) is 3. The van der Waals surface area contributed by atoms with E-state index in [4.69, 9.17) is 0 Å². The number of amides is 1. The maximum absolute atomic E-state index is 11.6. The van der Waals surface area contributed by atoms with E-state index >= 15 is 0 Å². The van der Waals surface area contributed by atoms with Crippen molar-refractivity contribution in [3.05, 3.63) is 18.7 Å². The van der Waals surface area contributed by atoms with Gasteiger partial charge in [0.1, 0.15) is 6.33 Å². The standard InChI is InChI=1S/C9H13N3O2S/c13-9(12-4-3-10-7-12)11-8-1-5-15(14)6-2-8/h3-4,7-8H,1-2,5-6H2,(H,11,13). The fourth-order valence-electron chi connectivity index (χ4n) is 1.57. The molecule has 0 spiro atoms. The number of nitrogens with zero attached hydrogens (tertiary/aromatic N) is 2. The molecule has 2 heterocycles. The molecule has 0 bridgehead atoms. The third-order valence-corrected chi connectivity index (χ3v) is 3.84. The molecule has 0 radical (unpaired) electrons. The van der Waals surface area contributed by atoms with Crippen LogP contribution in [0.3, 0.4) is 0 Å². The van der Waals surface area contributed by atoms with Gasteiger partial charge in [-0.1, -0.05) is 0 Å². The summed E-state index contributed by atoms with van der Waals surface area (Å²) in [6, 6.07) is -0.0113. The van der Waals surface area contributed by atoms with Crippen LogP contribution in [0, 0.1) is 0 Å². The van der Waals surface area contributed by atoms with Gasteiger partial charge in [0.15, 0.2) is 0 Å². The summed E-state index contributed by atoms with van der Waals surface area (Å²) in [6.45, 7) is 0. The molecule has 0 saturated carbocycles. The molecule has 0 unspecified atom stereocenters. The highest BCUT2D eigenvalue weighted by Crippen LogP contribution is 2.09. The number of aromatic nitrogens is 2. The normalized spacial score (nSPS) is 26.1. The molecule has 15 heavy (non-hydrogen) atoms. The molecule has 1 saturated heterocycles. The number of nitrogens with one attached hydrogen (secondary N) is 1. The maximum atomic E-state index is 11.6. The lowest BCUT2D eigenvalue weighted by Gasteiger charge is -2.22. The van der Waals surface area contributed by atoms with Gasteiger partial charge in [0.25, 0.3) is 0 Å². The van der Waals surface area contributed by atoms with E-state index in [1.807, 2.05) is 0 Å². The second kappa shape index (κ2) is 4.57. The molecule has 1 amide bonds. The first kappa shape index (κ1) is 10.4. The van der Waals surface area contributed by atoms with Crippen molar-refractivity contribution in [2.24, 2.45) is 0 Å². The second-order valence-electron chi connectivity index (χ2n) is 3.54. The molecule has 0 atom stereocenters. The van der Waals surface area contributed by atoms with Crippen molar-refractivity contribution < 1.29 is 9.00 Å². The number of hydrogen-bond donors (Lipinski definition) is 1. The summed E-state index contributed by atoms with van der Waals surface area (Å²) < 4.78 is 12.5. The van der Waals surface area contributed by atoms with Crippen molar-refractivity contribution in [3.63, 3.8) is 0 Å². The van der Waals surface area contributed by atoms with Crippen LogP contribution in [0.15, 0.2) is 18.7 Å². The SMILES string of the molecule is O=C(NC1CCS(=O)CC1)n1ccnc1. The van der Waals surface area contributed by atoms with Gasteiger partial charge in [-0.05, 0) is 12.8 Å². The molecule has 82 valence electrons. The van der Waals surface area contributed by atoms with Crippen LogP contribution in [0.2, 0.25) is 0 Å². The van der Waals surface area contributed by atoms with Crippen LogP contribution in [0.5, 0.6) is 0 Å². The van der Waals surface area contributed by atoms with E-state index in [2.05, 4.69) is 10.3 Å². The fourth-order valence-corrected chi connectivity index (χ4v) is 2.87. The second-order valence-corrected chi connectivity index (χ2v) is 5.24. The zero-order valence-corrected chi connectivity index (χ0v) is 9.07. The predicted molar refractivity (Wildman–Crippen MR) is 57.1 cm³/mol. The molecule has 1 aromatic heterocycles. The molecule has 1 aromatic rings. The first-order chi connectivity index (χ1) is 7.25. The largest absolute Gasteiger partial charge is 0.335 e. The van der Waals surface area contributed by atoms with Crippen LogP contribution < -0.4 is 5.32 Å². The third kappa shape index (κ3) is 2.65. The molecular weight excluding hydrogens is 214 g/mol. The van der Waals surface area contributed by atoms with Crippen molar-refractivity contribution in [1.82, 2.24) is 14.9 Å². The monoisotopic (exact) mass is 227 g/mol. The topological polar surface area (TPSA) is 64.0 Å². The molecule has 1 fully saturated rings. The minimum absolute atomic E-state index is 0.151. The first-order valence-corrected chi connectivity index (χ1v) is 6.38. The van der Waals surface area contributed by atoms with Crippen LogP contribution in [-0.2, 0) is 10.8 Å². The number of imidazole rings is 1. The lowest BCUT2D eigenvalue weighted by molar-refractivity contribution is 0.237. The minimum Gasteiger partial charge on any atom is -0.335 e. The molecule has 1 aliphatic heterocycles. The van der Waals surface area contributed by atoms with Gasteiger partial charge in [-0.2, -0.15) is 0 Å². The van der Waals surface area contributed by atoms with Crippen molar-refractivity contribution in [2.45, 2.75) is 18.9 Å². The summed E-state index contributed by atoms with van der Waals surface area (Å²) >= 11 is 0.